The van der Waals surface area contributed by atoms with Crippen molar-refractivity contribution in [3.63, 3.8) is 0 Å². The summed E-state index contributed by atoms with van der Waals surface area (Å²) in [6, 6.07) is 6.55. The topological polar surface area (TPSA) is 44.5 Å². The van der Waals surface area contributed by atoms with Gasteiger partial charge in [0.25, 0.3) is 0 Å². The van der Waals surface area contributed by atoms with E-state index in [2.05, 4.69) is 32.9 Å². The number of rotatable bonds is 10. The average molecular weight is 279 g/mol. The van der Waals surface area contributed by atoms with Crippen LogP contribution in [-0.2, 0) is 6.42 Å². The first kappa shape index (κ1) is 16.8. The highest BCUT2D eigenvalue weighted by Gasteiger charge is 2.07. The van der Waals surface area contributed by atoms with Gasteiger partial charge in [-0.05, 0) is 56.7 Å². The van der Waals surface area contributed by atoms with Gasteiger partial charge >= 0.3 is 0 Å². The lowest BCUT2D eigenvalue weighted by molar-refractivity contribution is 0.268. The maximum atomic E-state index is 5.80. The smallest absolute Gasteiger partial charge is 0.161 e. The third-order valence-corrected chi connectivity index (χ3v) is 3.06. The van der Waals surface area contributed by atoms with Crippen molar-refractivity contribution in [1.82, 2.24) is 0 Å². The van der Waals surface area contributed by atoms with E-state index in [9.17, 15) is 0 Å². The molecule has 0 aliphatic rings. The fourth-order valence-electron chi connectivity index (χ4n) is 1.99. The highest BCUT2D eigenvalue weighted by atomic mass is 16.5. The molecule has 0 bridgehead atoms. The Morgan fingerprint density at radius 2 is 1.70 bits per heavy atom. The highest BCUT2D eigenvalue weighted by Crippen LogP contribution is 2.29. The molecule has 1 rings (SSSR count). The lowest BCUT2D eigenvalue weighted by atomic mass is 10.1. The maximum absolute atomic E-state index is 5.80. The predicted molar refractivity (Wildman–Crippen MR) is 84.6 cm³/mol. The molecule has 0 fully saturated rings. The van der Waals surface area contributed by atoms with Gasteiger partial charge in [0.15, 0.2) is 11.5 Å². The molecule has 1 aromatic carbocycles. The van der Waals surface area contributed by atoms with Crippen LogP contribution in [0.5, 0.6) is 11.5 Å². The van der Waals surface area contributed by atoms with E-state index >= 15 is 0 Å². The fourth-order valence-corrected chi connectivity index (χ4v) is 1.99. The van der Waals surface area contributed by atoms with Gasteiger partial charge in [-0.3, -0.25) is 0 Å². The Balaban J connectivity index is 2.67. The van der Waals surface area contributed by atoms with Gasteiger partial charge in [0, 0.05) is 6.04 Å². The van der Waals surface area contributed by atoms with Crippen LogP contribution in [0.3, 0.4) is 0 Å². The van der Waals surface area contributed by atoms with Crippen molar-refractivity contribution < 1.29 is 9.47 Å². The second-order valence-electron chi connectivity index (χ2n) is 5.35. The number of ether oxygens (including phenoxy) is 2. The van der Waals surface area contributed by atoms with Gasteiger partial charge in [-0.2, -0.15) is 0 Å². The largest absolute Gasteiger partial charge is 0.490 e. The first-order valence-corrected chi connectivity index (χ1v) is 7.81. The number of hydrogen-bond donors (Lipinski definition) is 1. The monoisotopic (exact) mass is 279 g/mol. The zero-order valence-corrected chi connectivity index (χ0v) is 13.2. The van der Waals surface area contributed by atoms with Crippen molar-refractivity contribution in [3.8, 4) is 11.5 Å². The zero-order valence-electron chi connectivity index (χ0n) is 13.2. The number of nitrogens with two attached hydrogens (primary N) is 1. The Morgan fingerprint density at radius 3 is 2.30 bits per heavy atom. The Bertz CT molecular complexity index is 377. The molecule has 2 N–H and O–H groups in total. The van der Waals surface area contributed by atoms with Gasteiger partial charge in [0.2, 0.25) is 0 Å². The number of hydrogen-bond acceptors (Lipinski definition) is 3. The summed E-state index contributed by atoms with van der Waals surface area (Å²) in [6.07, 6.45) is 5.21. The second-order valence-corrected chi connectivity index (χ2v) is 5.35. The quantitative estimate of drug-likeness (QED) is 0.705. The highest BCUT2D eigenvalue weighted by molar-refractivity contribution is 5.43. The Hall–Kier alpha value is -1.22. The van der Waals surface area contributed by atoms with Gasteiger partial charge in [-0.15, -0.1) is 0 Å². The second kappa shape index (κ2) is 9.65. The fraction of sp³-hybridized carbons (Fsp3) is 0.647. The lowest BCUT2D eigenvalue weighted by Crippen LogP contribution is -2.14. The van der Waals surface area contributed by atoms with Gasteiger partial charge < -0.3 is 15.2 Å². The van der Waals surface area contributed by atoms with E-state index in [1.165, 1.54) is 5.56 Å². The van der Waals surface area contributed by atoms with Crippen LogP contribution in [0, 0.1) is 0 Å². The lowest BCUT2D eigenvalue weighted by Gasteiger charge is -2.14. The molecule has 1 unspecified atom stereocenters. The molecule has 0 heterocycles. The van der Waals surface area contributed by atoms with Crippen LogP contribution >= 0.6 is 0 Å². The van der Waals surface area contributed by atoms with Crippen LogP contribution in [-0.4, -0.2) is 19.3 Å². The standard InChI is InChI=1S/C17H29NO2/c1-4-11-19-16-10-9-15(8-6-7-14(3)18)13-17(16)20-12-5-2/h9-10,13-14H,4-8,11-12,18H2,1-3H3. The molecular formula is C17H29NO2. The Kier molecular flexibility index (Phi) is 8.12. The normalized spacial score (nSPS) is 12.2. The molecule has 0 saturated carbocycles. The molecule has 0 radical (unpaired) electrons. The number of benzene rings is 1. The summed E-state index contributed by atoms with van der Waals surface area (Å²) < 4.78 is 11.5. The molecule has 0 amide bonds. The molecule has 0 saturated heterocycles. The van der Waals surface area contributed by atoms with Crippen LogP contribution in [0.15, 0.2) is 18.2 Å². The molecule has 114 valence electrons. The van der Waals surface area contributed by atoms with Gasteiger partial charge in [-0.1, -0.05) is 19.9 Å². The number of aryl methyl sites for hydroxylation is 1. The van der Waals surface area contributed by atoms with Crippen molar-refractivity contribution in [1.29, 1.82) is 0 Å². The summed E-state index contributed by atoms with van der Waals surface area (Å²) in [4.78, 5) is 0. The van der Waals surface area contributed by atoms with E-state index in [1.54, 1.807) is 0 Å². The molecule has 3 nitrogen and oxygen atoms in total. The molecule has 20 heavy (non-hydrogen) atoms. The molecule has 0 spiro atoms. The molecule has 0 aliphatic heterocycles. The summed E-state index contributed by atoms with van der Waals surface area (Å²) in [7, 11) is 0. The summed E-state index contributed by atoms with van der Waals surface area (Å²) >= 11 is 0. The van der Waals surface area contributed by atoms with Gasteiger partial charge in [0.05, 0.1) is 13.2 Å². The molecule has 1 aromatic rings. The third-order valence-electron chi connectivity index (χ3n) is 3.06. The van der Waals surface area contributed by atoms with Crippen molar-refractivity contribution >= 4 is 0 Å². The van der Waals surface area contributed by atoms with E-state index in [1.807, 2.05) is 6.07 Å². The van der Waals surface area contributed by atoms with E-state index < -0.39 is 0 Å². The van der Waals surface area contributed by atoms with Crippen LogP contribution in [0.25, 0.3) is 0 Å². The minimum atomic E-state index is 0.276. The van der Waals surface area contributed by atoms with Crippen LogP contribution < -0.4 is 15.2 Å². The van der Waals surface area contributed by atoms with E-state index in [-0.39, 0.29) is 6.04 Å². The molecule has 0 aliphatic carbocycles. The summed E-state index contributed by atoms with van der Waals surface area (Å²) in [5.74, 6) is 1.73. The predicted octanol–water partition coefficient (Wildman–Crippen LogP) is 3.93. The Labute approximate surface area is 123 Å². The Morgan fingerprint density at radius 1 is 1.05 bits per heavy atom. The first-order chi connectivity index (χ1) is 9.67. The van der Waals surface area contributed by atoms with Crippen LogP contribution in [0.4, 0.5) is 0 Å². The first-order valence-electron chi connectivity index (χ1n) is 7.81. The van der Waals surface area contributed by atoms with Crippen LogP contribution in [0.1, 0.15) is 52.0 Å². The summed E-state index contributed by atoms with van der Waals surface area (Å²) in [5.41, 5.74) is 7.08. The van der Waals surface area contributed by atoms with Gasteiger partial charge in [-0.25, -0.2) is 0 Å². The van der Waals surface area contributed by atoms with Crippen LogP contribution in [0.2, 0.25) is 0 Å². The summed E-state index contributed by atoms with van der Waals surface area (Å²) in [5, 5.41) is 0. The SMILES string of the molecule is CCCOc1ccc(CCCC(C)N)cc1OCCC. The average Bonchev–Trinajstić information content (AvgIpc) is 2.43. The molecule has 3 heteroatoms. The van der Waals surface area contributed by atoms with Crippen molar-refractivity contribution in [2.45, 2.75) is 58.9 Å². The third kappa shape index (κ3) is 6.29. The molecule has 0 aromatic heterocycles. The van der Waals surface area contributed by atoms with Crippen molar-refractivity contribution in [2.24, 2.45) is 5.73 Å². The van der Waals surface area contributed by atoms with Gasteiger partial charge in [0.1, 0.15) is 0 Å². The maximum Gasteiger partial charge on any atom is 0.161 e. The van der Waals surface area contributed by atoms with Crippen molar-refractivity contribution in [2.75, 3.05) is 13.2 Å². The van der Waals surface area contributed by atoms with E-state index in [0.29, 0.717) is 0 Å². The summed E-state index contributed by atoms with van der Waals surface area (Å²) in [6.45, 7) is 7.73. The van der Waals surface area contributed by atoms with E-state index in [4.69, 9.17) is 15.2 Å². The molecular weight excluding hydrogens is 250 g/mol. The molecule has 1 atom stereocenters. The van der Waals surface area contributed by atoms with E-state index in [0.717, 1.165) is 56.8 Å². The minimum Gasteiger partial charge on any atom is -0.490 e. The zero-order chi connectivity index (χ0) is 14.8. The van der Waals surface area contributed by atoms with Crippen molar-refractivity contribution in [3.05, 3.63) is 23.8 Å². The minimum absolute atomic E-state index is 0.276.